The van der Waals surface area contributed by atoms with Crippen LogP contribution in [0, 0.1) is 5.92 Å². The topological polar surface area (TPSA) is 32.7 Å². The van der Waals surface area contributed by atoms with Crippen molar-refractivity contribution in [3.05, 3.63) is 70.1 Å². The van der Waals surface area contributed by atoms with E-state index >= 15 is 0 Å². The van der Waals surface area contributed by atoms with Crippen LogP contribution in [0.1, 0.15) is 40.8 Å². The van der Waals surface area contributed by atoms with E-state index in [1.54, 1.807) is 11.3 Å². The summed E-state index contributed by atoms with van der Waals surface area (Å²) in [5.74, 6) is -0.186. The maximum atomic E-state index is 13.1. The number of fused-ring (bicyclic) bond motifs is 4. The third-order valence-electron chi connectivity index (χ3n) is 7.30. The van der Waals surface area contributed by atoms with Crippen molar-refractivity contribution in [2.24, 2.45) is 5.92 Å². The minimum absolute atomic E-state index is 0.186. The van der Waals surface area contributed by atoms with Gasteiger partial charge in [0.1, 0.15) is 5.60 Å². The molecular formula is C26H28F3NO2S. The number of benzene rings is 2. The minimum Gasteiger partial charge on any atom is -0.385 e. The number of ether oxygens (including phenoxy) is 1. The second-order valence-electron chi connectivity index (χ2n) is 9.66. The number of aliphatic hydroxyl groups is 1. The molecule has 1 aliphatic carbocycles. The molecule has 5 rings (SSSR count). The number of hydrogen-bond donors (Lipinski definition) is 1. The molecule has 7 heteroatoms. The average Bonchev–Trinajstić information content (AvgIpc) is 3.16. The van der Waals surface area contributed by atoms with Crippen molar-refractivity contribution >= 4 is 21.4 Å². The van der Waals surface area contributed by atoms with Gasteiger partial charge in [-0.05, 0) is 74.5 Å². The van der Waals surface area contributed by atoms with Gasteiger partial charge in [0, 0.05) is 22.0 Å². The number of hydrogen-bond acceptors (Lipinski definition) is 4. The van der Waals surface area contributed by atoms with Gasteiger partial charge in [-0.1, -0.05) is 30.3 Å². The summed E-state index contributed by atoms with van der Waals surface area (Å²) in [6, 6.07) is 13.5. The van der Waals surface area contributed by atoms with Crippen LogP contribution >= 0.6 is 11.3 Å². The fraction of sp³-hybridized carbons (Fsp3) is 0.462. The standard InChI is InChI=1S/C26H28F3NO2S/c1-30(2)16-19-15-24(23-21(11-14-32-24)20-5-3-4-6-22(20)33-23)12-13-25(19,31)17-7-9-18(10-8-17)26(27,28)29/h3-10,19,31H,11-16H2,1-2H3. The van der Waals surface area contributed by atoms with E-state index in [1.165, 1.54) is 32.7 Å². The van der Waals surface area contributed by atoms with E-state index in [4.69, 9.17) is 4.74 Å². The zero-order valence-corrected chi connectivity index (χ0v) is 19.6. The first-order chi connectivity index (χ1) is 15.6. The van der Waals surface area contributed by atoms with E-state index in [0.717, 1.165) is 18.6 Å². The molecule has 1 N–H and O–H groups in total. The molecule has 176 valence electrons. The van der Waals surface area contributed by atoms with Crippen molar-refractivity contribution in [2.75, 3.05) is 27.2 Å². The first kappa shape index (κ1) is 22.8. The van der Waals surface area contributed by atoms with Crippen LogP contribution in [0.2, 0.25) is 0 Å². The highest BCUT2D eigenvalue weighted by Crippen LogP contribution is 2.55. The third kappa shape index (κ3) is 3.89. The first-order valence-corrected chi connectivity index (χ1v) is 12.1. The van der Waals surface area contributed by atoms with E-state index in [-0.39, 0.29) is 5.92 Å². The van der Waals surface area contributed by atoms with Gasteiger partial charge in [-0.25, -0.2) is 0 Å². The van der Waals surface area contributed by atoms with E-state index in [1.807, 2.05) is 19.0 Å². The van der Waals surface area contributed by atoms with Crippen molar-refractivity contribution in [1.29, 1.82) is 0 Å². The fourth-order valence-corrected chi connectivity index (χ4v) is 7.15. The van der Waals surface area contributed by atoms with E-state index in [0.29, 0.717) is 38.0 Å². The predicted molar refractivity (Wildman–Crippen MR) is 124 cm³/mol. The quantitative estimate of drug-likeness (QED) is 0.509. The Bertz CT molecular complexity index is 1160. The third-order valence-corrected chi connectivity index (χ3v) is 8.70. The molecule has 1 aliphatic heterocycles. The van der Waals surface area contributed by atoms with Crippen LogP contribution in [0.15, 0.2) is 48.5 Å². The van der Waals surface area contributed by atoms with Crippen LogP contribution in [0.4, 0.5) is 13.2 Å². The van der Waals surface area contributed by atoms with Crippen LogP contribution in [0.25, 0.3) is 10.1 Å². The van der Waals surface area contributed by atoms with Crippen molar-refractivity contribution in [3.8, 4) is 0 Å². The lowest BCUT2D eigenvalue weighted by Gasteiger charge is -2.51. The molecule has 0 amide bonds. The van der Waals surface area contributed by atoms with Gasteiger partial charge < -0.3 is 14.7 Å². The van der Waals surface area contributed by atoms with Gasteiger partial charge in [-0.2, -0.15) is 13.2 Å². The van der Waals surface area contributed by atoms with E-state index in [2.05, 4.69) is 24.3 Å². The molecular weight excluding hydrogens is 447 g/mol. The summed E-state index contributed by atoms with van der Waals surface area (Å²) in [7, 11) is 3.92. The Balaban J connectivity index is 1.53. The predicted octanol–water partition coefficient (Wildman–Crippen LogP) is 5.94. The zero-order chi connectivity index (χ0) is 23.4. The van der Waals surface area contributed by atoms with Gasteiger partial charge in [-0.15, -0.1) is 11.3 Å². The van der Waals surface area contributed by atoms with Crippen molar-refractivity contribution < 1.29 is 23.0 Å². The molecule has 33 heavy (non-hydrogen) atoms. The zero-order valence-electron chi connectivity index (χ0n) is 18.8. The number of halogens is 3. The second-order valence-corrected chi connectivity index (χ2v) is 10.7. The average molecular weight is 476 g/mol. The van der Waals surface area contributed by atoms with Crippen molar-refractivity contribution in [3.63, 3.8) is 0 Å². The normalized spacial score (nSPS) is 27.9. The van der Waals surface area contributed by atoms with Gasteiger partial charge in [0.15, 0.2) is 0 Å². The molecule has 1 aromatic heterocycles. The highest BCUT2D eigenvalue weighted by atomic mass is 32.1. The van der Waals surface area contributed by atoms with Gasteiger partial charge in [0.05, 0.1) is 17.8 Å². The summed E-state index contributed by atoms with van der Waals surface area (Å²) in [5, 5.41) is 13.2. The Morgan fingerprint density at radius 2 is 1.82 bits per heavy atom. The first-order valence-electron chi connectivity index (χ1n) is 11.3. The molecule has 0 radical (unpaired) electrons. The SMILES string of the molecule is CN(C)CC1CC2(CCC1(O)c1ccc(C(F)(F)F)cc1)OCCc1c2sc2ccccc12. The minimum atomic E-state index is -4.39. The highest BCUT2D eigenvalue weighted by molar-refractivity contribution is 7.19. The van der Waals surface area contributed by atoms with Crippen molar-refractivity contribution in [1.82, 2.24) is 4.90 Å². The lowest BCUT2D eigenvalue weighted by molar-refractivity contribution is -0.162. The van der Waals surface area contributed by atoms with Crippen LogP contribution in [0.5, 0.6) is 0 Å². The van der Waals surface area contributed by atoms with Crippen LogP contribution in [-0.2, 0) is 28.5 Å². The number of nitrogens with zero attached hydrogens (tertiary/aromatic N) is 1. The maximum Gasteiger partial charge on any atom is 0.416 e. The molecule has 2 aromatic carbocycles. The lowest BCUT2D eigenvalue weighted by atomic mass is 9.64. The summed E-state index contributed by atoms with van der Waals surface area (Å²) in [6.07, 6.45) is -1.82. The molecule has 0 bridgehead atoms. The Morgan fingerprint density at radius 3 is 2.52 bits per heavy atom. The van der Waals surface area contributed by atoms with Crippen LogP contribution in [-0.4, -0.2) is 37.3 Å². The van der Waals surface area contributed by atoms with E-state index in [9.17, 15) is 18.3 Å². The largest absolute Gasteiger partial charge is 0.416 e. The molecule has 2 heterocycles. The Labute approximate surface area is 195 Å². The van der Waals surface area contributed by atoms with Gasteiger partial charge in [-0.3, -0.25) is 0 Å². The molecule has 0 saturated heterocycles. The Kier molecular flexibility index (Phi) is 5.59. The second kappa shape index (κ2) is 8.08. The van der Waals surface area contributed by atoms with Gasteiger partial charge >= 0.3 is 6.18 Å². The summed E-state index contributed by atoms with van der Waals surface area (Å²) >= 11 is 1.78. The molecule has 3 unspecified atom stereocenters. The van der Waals surface area contributed by atoms with Gasteiger partial charge in [0.2, 0.25) is 0 Å². The highest BCUT2D eigenvalue weighted by Gasteiger charge is 2.53. The lowest BCUT2D eigenvalue weighted by Crippen LogP contribution is -2.51. The summed E-state index contributed by atoms with van der Waals surface area (Å²) in [4.78, 5) is 3.29. The van der Waals surface area contributed by atoms with E-state index < -0.39 is 22.9 Å². The Hall–Kier alpha value is -1.93. The molecule has 1 spiro atoms. The number of rotatable bonds is 3. The monoisotopic (exact) mass is 475 g/mol. The Morgan fingerprint density at radius 1 is 1.09 bits per heavy atom. The van der Waals surface area contributed by atoms with Crippen molar-refractivity contribution in [2.45, 2.75) is 43.1 Å². The molecule has 1 saturated carbocycles. The molecule has 3 aromatic rings. The molecule has 3 atom stereocenters. The molecule has 3 nitrogen and oxygen atoms in total. The smallest absolute Gasteiger partial charge is 0.385 e. The number of thiophene rings is 1. The summed E-state index contributed by atoms with van der Waals surface area (Å²) < 4.78 is 47.0. The fourth-order valence-electron chi connectivity index (χ4n) is 5.72. The summed E-state index contributed by atoms with van der Waals surface area (Å²) in [6.45, 7) is 1.25. The van der Waals surface area contributed by atoms with Crippen LogP contribution in [0.3, 0.4) is 0 Å². The van der Waals surface area contributed by atoms with Gasteiger partial charge in [0.25, 0.3) is 0 Å². The molecule has 2 aliphatic rings. The van der Waals surface area contributed by atoms with Crippen LogP contribution < -0.4 is 0 Å². The maximum absolute atomic E-state index is 13.1. The number of alkyl halides is 3. The summed E-state index contributed by atoms with van der Waals surface area (Å²) in [5.41, 5.74) is -0.472. The molecule has 1 fully saturated rings.